The molecule has 35 heavy (non-hydrogen) atoms. The molecule has 4 rings (SSSR count). The van der Waals surface area contributed by atoms with Crippen molar-refractivity contribution in [2.45, 2.75) is 46.2 Å². The minimum Gasteiger partial charge on any atom is -0.464 e. The van der Waals surface area contributed by atoms with E-state index in [4.69, 9.17) is 13.9 Å². The molecule has 2 aromatic carbocycles. The van der Waals surface area contributed by atoms with Gasteiger partial charge in [-0.3, -0.25) is 9.59 Å². The van der Waals surface area contributed by atoms with E-state index < -0.39 is 0 Å². The number of carbonyl (C=O) groups is 2. The highest BCUT2D eigenvalue weighted by molar-refractivity contribution is 5.85. The lowest BCUT2D eigenvalue weighted by atomic mass is 10.1. The molecule has 2 heterocycles. The maximum atomic E-state index is 13.5. The average molecular weight is 477 g/mol. The molecule has 184 valence electrons. The van der Waals surface area contributed by atoms with Crippen LogP contribution in [0.5, 0.6) is 11.5 Å². The van der Waals surface area contributed by atoms with Gasteiger partial charge in [0.05, 0.1) is 13.1 Å². The third kappa shape index (κ3) is 6.66. The van der Waals surface area contributed by atoms with Gasteiger partial charge in [0.25, 0.3) is 0 Å². The van der Waals surface area contributed by atoms with Gasteiger partial charge in [-0.1, -0.05) is 43.3 Å². The molecule has 7 nitrogen and oxygen atoms in total. The zero-order valence-corrected chi connectivity index (χ0v) is 20.4. The van der Waals surface area contributed by atoms with Crippen LogP contribution in [0.2, 0.25) is 0 Å². The Labute approximate surface area is 206 Å². The van der Waals surface area contributed by atoms with Gasteiger partial charge in [-0.05, 0) is 55.2 Å². The van der Waals surface area contributed by atoms with Gasteiger partial charge in [-0.2, -0.15) is 0 Å². The Morgan fingerprint density at radius 3 is 2.40 bits per heavy atom. The summed E-state index contributed by atoms with van der Waals surface area (Å²) in [5, 5.41) is 0. The Morgan fingerprint density at radius 2 is 1.66 bits per heavy atom. The van der Waals surface area contributed by atoms with E-state index in [1.807, 2.05) is 74.5 Å². The quantitative estimate of drug-likeness (QED) is 0.401. The summed E-state index contributed by atoms with van der Waals surface area (Å²) in [5.74, 6) is 2.73. The molecule has 1 aromatic heterocycles. The van der Waals surface area contributed by atoms with E-state index in [0.29, 0.717) is 49.7 Å². The van der Waals surface area contributed by atoms with Crippen molar-refractivity contribution in [3.8, 4) is 11.5 Å². The van der Waals surface area contributed by atoms with Crippen LogP contribution in [0.4, 0.5) is 0 Å². The number of fused-ring (bicyclic) bond motifs is 1. The van der Waals surface area contributed by atoms with Crippen LogP contribution in [0, 0.1) is 6.92 Å². The summed E-state index contributed by atoms with van der Waals surface area (Å²) in [4.78, 5) is 29.9. The van der Waals surface area contributed by atoms with Crippen molar-refractivity contribution in [1.29, 1.82) is 0 Å². The molecule has 0 saturated heterocycles. The van der Waals surface area contributed by atoms with Crippen LogP contribution in [-0.2, 0) is 29.1 Å². The predicted octanol–water partition coefficient (Wildman–Crippen LogP) is 4.72. The highest BCUT2D eigenvalue weighted by Crippen LogP contribution is 2.33. The maximum Gasteiger partial charge on any atom is 0.242 e. The summed E-state index contributed by atoms with van der Waals surface area (Å²) in [7, 11) is 0. The zero-order valence-electron chi connectivity index (χ0n) is 20.4. The van der Waals surface area contributed by atoms with Crippen LogP contribution in [0.3, 0.4) is 0 Å². The van der Waals surface area contributed by atoms with Crippen molar-refractivity contribution in [3.05, 3.63) is 83.3 Å². The van der Waals surface area contributed by atoms with Crippen molar-refractivity contribution >= 4 is 11.8 Å². The van der Waals surface area contributed by atoms with Gasteiger partial charge in [0.2, 0.25) is 18.6 Å². The highest BCUT2D eigenvalue weighted by atomic mass is 16.7. The second-order valence-electron chi connectivity index (χ2n) is 8.75. The number of ether oxygens (including phenoxy) is 2. The first kappa shape index (κ1) is 24.4. The van der Waals surface area contributed by atoms with Crippen LogP contribution < -0.4 is 9.47 Å². The molecule has 0 atom stereocenters. The number of aryl methyl sites for hydroxylation is 2. The lowest BCUT2D eigenvalue weighted by molar-refractivity contribution is -0.141. The summed E-state index contributed by atoms with van der Waals surface area (Å²) in [6.07, 6.45) is 1.81. The Bertz CT molecular complexity index is 1140. The fourth-order valence-electron chi connectivity index (χ4n) is 4.13. The van der Waals surface area contributed by atoms with Crippen LogP contribution in [-0.4, -0.2) is 41.5 Å². The molecule has 1 aliphatic rings. The van der Waals surface area contributed by atoms with Crippen LogP contribution in [0.15, 0.2) is 65.1 Å². The molecule has 0 spiro atoms. The van der Waals surface area contributed by atoms with Crippen LogP contribution >= 0.6 is 0 Å². The number of rotatable bonds is 11. The second kappa shape index (κ2) is 11.6. The molecule has 3 aromatic rings. The van der Waals surface area contributed by atoms with E-state index in [1.54, 1.807) is 9.80 Å². The molecular weight excluding hydrogens is 444 g/mol. The van der Waals surface area contributed by atoms with Crippen LogP contribution in [0.1, 0.15) is 42.4 Å². The number of hydrogen-bond donors (Lipinski definition) is 0. The Balaban J connectivity index is 1.46. The van der Waals surface area contributed by atoms with Gasteiger partial charge in [-0.15, -0.1) is 0 Å². The average Bonchev–Trinajstić information content (AvgIpc) is 3.50. The number of amides is 2. The first-order valence-corrected chi connectivity index (χ1v) is 12.0. The third-order valence-electron chi connectivity index (χ3n) is 5.95. The van der Waals surface area contributed by atoms with Gasteiger partial charge in [0.1, 0.15) is 11.5 Å². The lowest BCUT2D eigenvalue weighted by Crippen LogP contribution is -2.42. The minimum atomic E-state index is -0.127. The third-order valence-corrected chi connectivity index (χ3v) is 5.95. The monoisotopic (exact) mass is 476 g/mol. The molecule has 7 heteroatoms. The second-order valence-corrected chi connectivity index (χ2v) is 8.75. The topological polar surface area (TPSA) is 72.2 Å². The minimum absolute atomic E-state index is 0.0130. The summed E-state index contributed by atoms with van der Waals surface area (Å²) >= 11 is 0. The summed E-state index contributed by atoms with van der Waals surface area (Å²) < 4.78 is 16.6. The summed E-state index contributed by atoms with van der Waals surface area (Å²) in [6.45, 7) is 5.35. The molecular formula is C28H32N2O5. The van der Waals surface area contributed by atoms with Crippen molar-refractivity contribution < 1.29 is 23.5 Å². The van der Waals surface area contributed by atoms with Crippen molar-refractivity contribution in [2.75, 3.05) is 19.9 Å². The van der Waals surface area contributed by atoms with E-state index in [0.717, 1.165) is 23.3 Å². The number of carbonyl (C=O) groups excluding carboxylic acids is 2. The van der Waals surface area contributed by atoms with Crippen molar-refractivity contribution in [1.82, 2.24) is 9.80 Å². The molecule has 0 radical (unpaired) electrons. The number of nitrogens with zero attached hydrogens (tertiary/aromatic N) is 2. The Hall–Kier alpha value is -3.74. The maximum absolute atomic E-state index is 13.5. The zero-order chi connectivity index (χ0) is 24.6. The molecule has 2 amide bonds. The first-order valence-electron chi connectivity index (χ1n) is 12.0. The Kier molecular flexibility index (Phi) is 8.08. The van der Waals surface area contributed by atoms with E-state index in [-0.39, 0.29) is 25.2 Å². The first-order chi connectivity index (χ1) is 17.0. The molecule has 0 saturated carbocycles. The SMILES string of the molecule is CCCN(CC(=O)N(Cc1ccc2c(c1)OCO2)Cc1ccc(C)o1)C(=O)CCc1ccccc1. The Morgan fingerprint density at radius 1 is 0.857 bits per heavy atom. The molecule has 0 aliphatic carbocycles. The number of hydrogen-bond acceptors (Lipinski definition) is 5. The normalized spacial score (nSPS) is 11.9. The largest absolute Gasteiger partial charge is 0.464 e. The molecule has 0 fully saturated rings. The smallest absolute Gasteiger partial charge is 0.242 e. The van der Waals surface area contributed by atoms with Crippen LogP contribution in [0.25, 0.3) is 0 Å². The molecule has 0 bridgehead atoms. The van der Waals surface area contributed by atoms with Gasteiger partial charge in [0, 0.05) is 19.5 Å². The van der Waals surface area contributed by atoms with Gasteiger partial charge < -0.3 is 23.7 Å². The molecule has 0 unspecified atom stereocenters. The van der Waals surface area contributed by atoms with Crippen molar-refractivity contribution in [3.63, 3.8) is 0 Å². The number of benzene rings is 2. The lowest BCUT2D eigenvalue weighted by Gasteiger charge is -2.27. The van der Waals surface area contributed by atoms with E-state index in [9.17, 15) is 9.59 Å². The fraction of sp³-hybridized carbons (Fsp3) is 0.357. The van der Waals surface area contributed by atoms with E-state index in [2.05, 4.69) is 0 Å². The molecule has 1 aliphatic heterocycles. The highest BCUT2D eigenvalue weighted by Gasteiger charge is 2.23. The molecule has 0 N–H and O–H groups in total. The van der Waals surface area contributed by atoms with E-state index in [1.165, 1.54) is 0 Å². The number of furan rings is 1. The van der Waals surface area contributed by atoms with Gasteiger partial charge in [0.15, 0.2) is 11.5 Å². The standard InChI is InChI=1S/C28H32N2O5/c1-3-15-29(27(31)14-11-22-7-5-4-6-8-22)19-28(32)30(18-24-12-9-21(2)35-24)17-23-10-13-25-26(16-23)34-20-33-25/h4-10,12-13,16H,3,11,14-15,17-20H2,1-2H3. The van der Waals surface area contributed by atoms with Gasteiger partial charge in [-0.25, -0.2) is 0 Å². The predicted molar refractivity (Wildman–Crippen MR) is 132 cm³/mol. The fourth-order valence-corrected chi connectivity index (χ4v) is 4.13. The van der Waals surface area contributed by atoms with E-state index >= 15 is 0 Å². The van der Waals surface area contributed by atoms with Crippen molar-refractivity contribution in [2.24, 2.45) is 0 Å². The summed E-state index contributed by atoms with van der Waals surface area (Å²) in [6, 6.07) is 19.4. The van der Waals surface area contributed by atoms with Gasteiger partial charge >= 0.3 is 0 Å². The summed E-state index contributed by atoms with van der Waals surface area (Å²) in [5.41, 5.74) is 2.03.